The molecule has 12 heteroatoms. The van der Waals surface area contributed by atoms with Gasteiger partial charge in [-0.1, -0.05) is 20.3 Å². The molecule has 1 saturated heterocycles. The number of hydrogen-bond donors (Lipinski definition) is 6. The van der Waals surface area contributed by atoms with E-state index in [1.165, 1.54) is 4.90 Å². The molecule has 1 aliphatic rings. The summed E-state index contributed by atoms with van der Waals surface area (Å²) in [6.45, 7) is 4.29. The first-order chi connectivity index (χ1) is 15.5. The minimum atomic E-state index is -1.39. The summed E-state index contributed by atoms with van der Waals surface area (Å²) in [7, 11) is 0. The average Bonchev–Trinajstić information content (AvgIpc) is 3.21. The Labute approximate surface area is 193 Å². The van der Waals surface area contributed by atoms with Crippen molar-refractivity contribution < 1.29 is 34.2 Å². The first-order valence-electron chi connectivity index (χ1n) is 11.3. The normalized spacial score (nSPS) is 18.5. The zero-order chi connectivity index (χ0) is 25.1. The number of aliphatic carboxylic acids is 2. The van der Waals surface area contributed by atoms with Crippen LogP contribution >= 0.6 is 0 Å². The average molecular weight is 472 g/mol. The standard InChI is InChI=1S/C21H37N5O7/c1-12(2)10-15(21(32)33)25-19(30)16-7-5-9-26(16)20(31)14(11-17(27)28)24-18(29)13(23)6-3-4-8-22/h12-16H,3-11,22-23H2,1-2H3,(H,24,29)(H,25,30)(H,27,28)(H,32,33). The molecule has 4 atom stereocenters. The second-order valence-electron chi connectivity index (χ2n) is 8.77. The van der Waals surface area contributed by atoms with Crippen LogP contribution in [-0.2, 0) is 24.0 Å². The maximum absolute atomic E-state index is 13.1. The maximum atomic E-state index is 13.1. The molecule has 12 nitrogen and oxygen atoms in total. The van der Waals surface area contributed by atoms with Crippen LogP contribution in [0.4, 0.5) is 0 Å². The van der Waals surface area contributed by atoms with Crippen LogP contribution in [0.25, 0.3) is 0 Å². The van der Waals surface area contributed by atoms with E-state index in [-0.39, 0.29) is 18.9 Å². The summed E-state index contributed by atoms with van der Waals surface area (Å²) in [4.78, 5) is 62.3. The van der Waals surface area contributed by atoms with Crippen molar-refractivity contribution >= 4 is 29.7 Å². The van der Waals surface area contributed by atoms with Crippen LogP contribution in [0.15, 0.2) is 0 Å². The van der Waals surface area contributed by atoms with Gasteiger partial charge in [0.25, 0.3) is 0 Å². The number of carboxylic acids is 2. The summed E-state index contributed by atoms with van der Waals surface area (Å²) in [5.74, 6) is -4.44. The zero-order valence-corrected chi connectivity index (χ0v) is 19.3. The van der Waals surface area contributed by atoms with Gasteiger partial charge < -0.3 is 37.2 Å². The molecule has 0 aromatic heterocycles. The van der Waals surface area contributed by atoms with E-state index < -0.39 is 60.2 Å². The number of unbranched alkanes of at least 4 members (excludes halogenated alkanes) is 1. The third kappa shape index (κ3) is 9.34. The van der Waals surface area contributed by atoms with Crippen LogP contribution in [0.2, 0.25) is 0 Å². The highest BCUT2D eigenvalue weighted by Gasteiger charge is 2.39. The van der Waals surface area contributed by atoms with Gasteiger partial charge in [0.15, 0.2) is 0 Å². The molecule has 0 bridgehead atoms. The van der Waals surface area contributed by atoms with E-state index in [0.717, 1.165) is 0 Å². The SMILES string of the molecule is CC(C)CC(NC(=O)C1CCCN1C(=O)C(CC(=O)O)NC(=O)C(N)CCCCN)C(=O)O. The number of hydrogen-bond acceptors (Lipinski definition) is 7. The summed E-state index contributed by atoms with van der Waals surface area (Å²) >= 11 is 0. The largest absolute Gasteiger partial charge is 0.481 e. The number of nitrogens with two attached hydrogens (primary N) is 2. The molecule has 8 N–H and O–H groups in total. The molecule has 3 amide bonds. The third-order valence-corrected chi connectivity index (χ3v) is 5.46. The van der Waals surface area contributed by atoms with Gasteiger partial charge in [0.1, 0.15) is 18.1 Å². The fraction of sp³-hybridized carbons (Fsp3) is 0.762. The summed E-state index contributed by atoms with van der Waals surface area (Å²) < 4.78 is 0. The molecule has 1 heterocycles. The van der Waals surface area contributed by atoms with E-state index >= 15 is 0 Å². The van der Waals surface area contributed by atoms with Gasteiger partial charge in [0, 0.05) is 6.54 Å². The number of likely N-dealkylation sites (tertiary alicyclic amines) is 1. The predicted octanol–water partition coefficient (Wildman–Crippen LogP) is -0.991. The van der Waals surface area contributed by atoms with Crippen molar-refractivity contribution in [1.29, 1.82) is 0 Å². The number of carbonyl (C=O) groups excluding carboxylic acids is 3. The molecule has 188 valence electrons. The van der Waals surface area contributed by atoms with Crippen molar-refractivity contribution in [3.05, 3.63) is 0 Å². The molecule has 0 radical (unpaired) electrons. The molecule has 0 spiro atoms. The Bertz CT molecular complexity index is 715. The van der Waals surface area contributed by atoms with Crippen molar-refractivity contribution in [2.24, 2.45) is 17.4 Å². The van der Waals surface area contributed by atoms with E-state index in [1.54, 1.807) is 0 Å². The number of nitrogens with zero attached hydrogens (tertiary/aromatic N) is 1. The van der Waals surface area contributed by atoms with E-state index in [1.807, 2.05) is 13.8 Å². The van der Waals surface area contributed by atoms with Crippen molar-refractivity contribution in [2.75, 3.05) is 13.1 Å². The Morgan fingerprint density at radius 3 is 2.27 bits per heavy atom. The quantitative estimate of drug-likeness (QED) is 0.172. The Balaban J connectivity index is 2.90. The topological polar surface area (TPSA) is 205 Å². The van der Waals surface area contributed by atoms with Gasteiger partial charge in [-0.15, -0.1) is 0 Å². The number of rotatable bonds is 14. The van der Waals surface area contributed by atoms with Crippen molar-refractivity contribution in [3.63, 3.8) is 0 Å². The van der Waals surface area contributed by atoms with Crippen molar-refractivity contribution in [1.82, 2.24) is 15.5 Å². The van der Waals surface area contributed by atoms with Crippen LogP contribution in [0.5, 0.6) is 0 Å². The Kier molecular flexibility index (Phi) is 11.8. The van der Waals surface area contributed by atoms with E-state index in [9.17, 15) is 34.2 Å². The fourth-order valence-electron chi connectivity index (χ4n) is 3.76. The number of carboxylic acid groups (broad SMARTS) is 2. The van der Waals surface area contributed by atoms with Gasteiger partial charge in [-0.25, -0.2) is 4.79 Å². The fourth-order valence-corrected chi connectivity index (χ4v) is 3.76. The minimum absolute atomic E-state index is 0.0249. The molecule has 33 heavy (non-hydrogen) atoms. The molecule has 0 aliphatic carbocycles. The van der Waals surface area contributed by atoms with Crippen molar-refractivity contribution in [3.8, 4) is 0 Å². The van der Waals surface area contributed by atoms with Crippen LogP contribution in [0.1, 0.15) is 58.8 Å². The summed E-state index contributed by atoms with van der Waals surface area (Å²) in [5.41, 5.74) is 11.3. The number of carbonyl (C=O) groups is 5. The minimum Gasteiger partial charge on any atom is -0.481 e. The molecule has 1 aliphatic heterocycles. The molecule has 0 aromatic rings. The van der Waals surface area contributed by atoms with Gasteiger partial charge >= 0.3 is 11.9 Å². The predicted molar refractivity (Wildman–Crippen MR) is 119 cm³/mol. The van der Waals surface area contributed by atoms with E-state index in [2.05, 4.69) is 10.6 Å². The molecule has 0 saturated carbocycles. The molecular formula is C21H37N5O7. The Hall–Kier alpha value is -2.73. The van der Waals surface area contributed by atoms with Crippen LogP contribution < -0.4 is 22.1 Å². The molecule has 1 rings (SSSR count). The highest BCUT2D eigenvalue weighted by molar-refractivity contribution is 5.96. The molecule has 0 aromatic carbocycles. The number of amides is 3. The maximum Gasteiger partial charge on any atom is 0.326 e. The highest BCUT2D eigenvalue weighted by atomic mass is 16.4. The van der Waals surface area contributed by atoms with Gasteiger partial charge in [0.2, 0.25) is 17.7 Å². The molecule has 4 unspecified atom stereocenters. The summed E-state index contributed by atoms with van der Waals surface area (Å²) in [6, 6.07) is -4.37. The van der Waals surface area contributed by atoms with Gasteiger partial charge in [-0.05, 0) is 44.6 Å². The van der Waals surface area contributed by atoms with Crippen LogP contribution in [-0.4, -0.2) is 82.0 Å². The van der Waals surface area contributed by atoms with E-state index in [4.69, 9.17) is 11.5 Å². The lowest BCUT2D eigenvalue weighted by Crippen LogP contribution is -2.57. The summed E-state index contributed by atoms with van der Waals surface area (Å²) in [5, 5.41) is 23.5. The first-order valence-corrected chi connectivity index (χ1v) is 11.3. The Morgan fingerprint density at radius 1 is 1.06 bits per heavy atom. The second kappa shape index (κ2) is 13.7. The zero-order valence-electron chi connectivity index (χ0n) is 19.3. The Morgan fingerprint density at radius 2 is 1.73 bits per heavy atom. The van der Waals surface area contributed by atoms with Gasteiger partial charge in [-0.2, -0.15) is 0 Å². The lowest BCUT2D eigenvalue weighted by atomic mass is 10.0. The smallest absolute Gasteiger partial charge is 0.326 e. The van der Waals surface area contributed by atoms with Crippen LogP contribution in [0.3, 0.4) is 0 Å². The number of nitrogens with one attached hydrogen (secondary N) is 2. The third-order valence-electron chi connectivity index (χ3n) is 5.46. The monoisotopic (exact) mass is 471 g/mol. The van der Waals surface area contributed by atoms with E-state index in [0.29, 0.717) is 38.6 Å². The lowest BCUT2D eigenvalue weighted by Gasteiger charge is -2.29. The van der Waals surface area contributed by atoms with Crippen LogP contribution in [0, 0.1) is 5.92 Å². The second-order valence-corrected chi connectivity index (χ2v) is 8.77. The molecular weight excluding hydrogens is 434 g/mol. The molecule has 1 fully saturated rings. The van der Waals surface area contributed by atoms with Gasteiger partial charge in [-0.3, -0.25) is 19.2 Å². The lowest BCUT2D eigenvalue weighted by molar-refractivity contribution is -0.147. The first kappa shape index (κ1) is 28.3. The highest BCUT2D eigenvalue weighted by Crippen LogP contribution is 2.20. The van der Waals surface area contributed by atoms with Gasteiger partial charge in [0.05, 0.1) is 12.5 Å². The van der Waals surface area contributed by atoms with Crippen molar-refractivity contribution in [2.45, 2.75) is 83.0 Å². The summed E-state index contributed by atoms with van der Waals surface area (Å²) in [6.07, 6.45) is 1.96.